The van der Waals surface area contributed by atoms with Crippen molar-refractivity contribution in [3.63, 3.8) is 0 Å². The number of guanidine groups is 1. The molecule has 0 saturated carbocycles. The number of nitrogens with zero attached hydrogens (tertiary/aromatic N) is 2. The molecule has 1 unspecified atom stereocenters. The Hall–Kier alpha value is -1.34. The van der Waals surface area contributed by atoms with Gasteiger partial charge >= 0.3 is 0 Å². The van der Waals surface area contributed by atoms with Crippen molar-refractivity contribution in [1.82, 2.24) is 15.5 Å². The molecule has 112 valence electrons. The predicted octanol–water partition coefficient (Wildman–Crippen LogP) is -0.709. The minimum absolute atomic E-state index is 0.0489. The highest BCUT2D eigenvalue weighted by atomic mass is 16.5. The summed E-state index contributed by atoms with van der Waals surface area (Å²) in [5.41, 5.74) is 0. The van der Waals surface area contributed by atoms with E-state index in [9.17, 15) is 4.79 Å². The zero-order valence-electron chi connectivity index (χ0n) is 12.5. The molecule has 0 bridgehead atoms. The highest BCUT2D eigenvalue weighted by molar-refractivity contribution is 5.84. The maximum atomic E-state index is 11.5. The molecule has 0 fully saturated rings. The van der Waals surface area contributed by atoms with Crippen LogP contribution < -0.4 is 10.6 Å². The molecule has 0 spiro atoms. The Labute approximate surface area is 115 Å². The van der Waals surface area contributed by atoms with Crippen molar-refractivity contribution in [2.75, 3.05) is 54.6 Å². The van der Waals surface area contributed by atoms with Gasteiger partial charge in [-0.3, -0.25) is 4.79 Å². The summed E-state index contributed by atoms with van der Waals surface area (Å²) in [7, 11) is 6.69. The van der Waals surface area contributed by atoms with E-state index in [0.717, 1.165) is 0 Å². The third-order valence-corrected chi connectivity index (χ3v) is 2.27. The molecule has 0 aromatic rings. The Morgan fingerprint density at radius 2 is 2.00 bits per heavy atom. The van der Waals surface area contributed by atoms with Crippen LogP contribution in [-0.4, -0.2) is 77.4 Å². The van der Waals surface area contributed by atoms with Gasteiger partial charge in [-0.25, -0.2) is 4.99 Å². The number of likely N-dealkylation sites (N-methyl/N-ethyl adjacent to an activating group) is 1. The first-order valence-electron chi connectivity index (χ1n) is 6.24. The van der Waals surface area contributed by atoms with Gasteiger partial charge in [0, 0.05) is 40.9 Å². The summed E-state index contributed by atoms with van der Waals surface area (Å²) < 4.78 is 10.0. The third-order valence-electron chi connectivity index (χ3n) is 2.27. The summed E-state index contributed by atoms with van der Waals surface area (Å²) in [5, 5.41) is 6.25. The number of aliphatic imine (C=N–C) groups is 1. The van der Waals surface area contributed by atoms with Gasteiger partial charge in [0.2, 0.25) is 5.91 Å². The first-order chi connectivity index (χ1) is 9.01. The molecule has 0 aliphatic rings. The van der Waals surface area contributed by atoms with E-state index < -0.39 is 0 Å². The van der Waals surface area contributed by atoms with Gasteiger partial charge in [-0.05, 0) is 6.92 Å². The van der Waals surface area contributed by atoms with E-state index in [1.165, 1.54) is 4.90 Å². The Balaban J connectivity index is 4.38. The summed E-state index contributed by atoms with van der Waals surface area (Å²) in [6.07, 6.45) is 0. The highest BCUT2D eigenvalue weighted by Gasteiger charge is 2.07. The number of hydrogen-bond donors (Lipinski definition) is 2. The van der Waals surface area contributed by atoms with Crippen LogP contribution in [-0.2, 0) is 14.3 Å². The lowest BCUT2D eigenvalue weighted by Crippen LogP contribution is -2.45. The molecule has 0 rings (SSSR count). The summed E-state index contributed by atoms with van der Waals surface area (Å²) in [6.45, 7) is 3.84. The molecule has 0 aromatic carbocycles. The molecule has 19 heavy (non-hydrogen) atoms. The standard InChI is InChI=1S/C12H26N4O3/c1-10(9-19-5)15-12(13-6-7-18-4)14-8-11(17)16(2)3/h10H,6-9H2,1-5H3,(H2,13,14,15). The quantitative estimate of drug-likeness (QED) is 0.347. The van der Waals surface area contributed by atoms with Crippen molar-refractivity contribution in [3.8, 4) is 0 Å². The fourth-order valence-electron chi connectivity index (χ4n) is 1.24. The van der Waals surface area contributed by atoms with Gasteiger partial charge in [-0.2, -0.15) is 0 Å². The lowest BCUT2D eigenvalue weighted by molar-refractivity contribution is -0.127. The van der Waals surface area contributed by atoms with Crippen LogP contribution in [0.25, 0.3) is 0 Å². The summed E-state index contributed by atoms with van der Waals surface area (Å²) >= 11 is 0. The molecule has 0 heterocycles. The van der Waals surface area contributed by atoms with E-state index in [2.05, 4.69) is 15.6 Å². The third kappa shape index (κ3) is 9.26. The molecule has 0 aliphatic carbocycles. The zero-order valence-corrected chi connectivity index (χ0v) is 12.5. The van der Waals surface area contributed by atoms with Gasteiger partial charge in [-0.1, -0.05) is 0 Å². The number of carbonyl (C=O) groups excluding carboxylic acids is 1. The van der Waals surface area contributed by atoms with Crippen molar-refractivity contribution in [1.29, 1.82) is 0 Å². The average Bonchev–Trinajstić information content (AvgIpc) is 2.35. The van der Waals surface area contributed by atoms with E-state index in [-0.39, 0.29) is 18.5 Å². The maximum Gasteiger partial charge on any atom is 0.243 e. The van der Waals surface area contributed by atoms with E-state index in [4.69, 9.17) is 9.47 Å². The normalized spacial score (nSPS) is 13.0. The molecule has 0 aromatic heterocycles. The average molecular weight is 274 g/mol. The van der Waals surface area contributed by atoms with Gasteiger partial charge in [-0.15, -0.1) is 0 Å². The zero-order chi connectivity index (χ0) is 14.7. The first-order valence-corrected chi connectivity index (χ1v) is 6.24. The molecule has 7 heteroatoms. The molecule has 1 atom stereocenters. The van der Waals surface area contributed by atoms with Gasteiger partial charge in [0.15, 0.2) is 5.96 Å². The van der Waals surface area contributed by atoms with E-state index in [1.54, 1.807) is 28.3 Å². The molecule has 0 aliphatic heterocycles. The second-order valence-electron chi connectivity index (χ2n) is 4.37. The Morgan fingerprint density at radius 3 is 2.53 bits per heavy atom. The molecular formula is C12H26N4O3. The number of methoxy groups -OCH3 is 2. The van der Waals surface area contributed by atoms with Crippen LogP contribution in [0.3, 0.4) is 0 Å². The lowest BCUT2D eigenvalue weighted by atomic mass is 10.4. The first kappa shape index (κ1) is 17.7. The number of ether oxygens (including phenoxy) is 2. The van der Waals surface area contributed by atoms with Gasteiger partial charge in [0.25, 0.3) is 0 Å². The van der Waals surface area contributed by atoms with Crippen LogP contribution in [0.4, 0.5) is 0 Å². The SMILES string of the molecule is COCCNC(=NCC(=O)N(C)C)NC(C)COC. The second-order valence-corrected chi connectivity index (χ2v) is 4.37. The van der Waals surface area contributed by atoms with Gasteiger partial charge < -0.3 is 25.0 Å². The van der Waals surface area contributed by atoms with Crippen LogP contribution in [0.1, 0.15) is 6.92 Å². The lowest BCUT2D eigenvalue weighted by Gasteiger charge is -2.18. The van der Waals surface area contributed by atoms with Crippen molar-refractivity contribution in [2.24, 2.45) is 4.99 Å². The largest absolute Gasteiger partial charge is 0.383 e. The van der Waals surface area contributed by atoms with E-state index in [0.29, 0.717) is 25.7 Å². The molecule has 2 N–H and O–H groups in total. The van der Waals surface area contributed by atoms with Crippen molar-refractivity contribution in [3.05, 3.63) is 0 Å². The van der Waals surface area contributed by atoms with E-state index in [1.807, 2.05) is 6.92 Å². The number of rotatable bonds is 8. The van der Waals surface area contributed by atoms with Crippen LogP contribution in [0.2, 0.25) is 0 Å². The number of nitrogens with one attached hydrogen (secondary N) is 2. The smallest absolute Gasteiger partial charge is 0.243 e. The predicted molar refractivity (Wildman–Crippen MR) is 75.3 cm³/mol. The maximum absolute atomic E-state index is 11.5. The van der Waals surface area contributed by atoms with Crippen molar-refractivity contribution < 1.29 is 14.3 Å². The summed E-state index contributed by atoms with van der Waals surface area (Å²) in [4.78, 5) is 17.2. The monoisotopic (exact) mass is 274 g/mol. The number of hydrogen-bond acceptors (Lipinski definition) is 4. The highest BCUT2D eigenvalue weighted by Crippen LogP contribution is 1.85. The van der Waals surface area contributed by atoms with Crippen LogP contribution in [0, 0.1) is 0 Å². The Bertz CT molecular complexity index is 282. The number of carbonyl (C=O) groups is 1. The molecule has 0 saturated heterocycles. The van der Waals surface area contributed by atoms with Crippen LogP contribution in [0.15, 0.2) is 4.99 Å². The minimum atomic E-state index is -0.0489. The molecule has 0 radical (unpaired) electrons. The molecule has 1 amide bonds. The van der Waals surface area contributed by atoms with E-state index >= 15 is 0 Å². The number of amides is 1. The summed E-state index contributed by atoms with van der Waals surface area (Å²) in [6, 6.07) is 0.105. The van der Waals surface area contributed by atoms with Crippen LogP contribution in [0.5, 0.6) is 0 Å². The topological polar surface area (TPSA) is 75.2 Å². The van der Waals surface area contributed by atoms with Crippen LogP contribution >= 0.6 is 0 Å². The fourth-order valence-corrected chi connectivity index (χ4v) is 1.24. The van der Waals surface area contributed by atoms with Gasteiger partial charge in [0.05, 0.1) is 13.2 Å². The second kappa shape index (κ2) is 10.6. The molecular weight excluding hydrogens is 248 g/mol. The Kier molecular flexibility index (Phi) is 9.82. The Morgan fingerprint density at radius 1 is 1.32 bits per heavy atom. The van der Waals surface area contributed by atoms with Gasteiger partial charge in [0.1, 0.15) is 6.54 Å². The van der Waals surface area contributed by atoms with Crippen molar-refractivity contribution >= 4 is 11.9 Å². The van der Waals surface area contributed by atoms with Crippen molar-refractivity contribution in [2.45, 2.75) is 13.0 Å². The molecule has 7 nitrogen and oxygen atoms in total. The summed E-state index contributed by atoms with van der Waals surface area (Å²) in [5.74, 6) is 0.532. The minimum Gasteiger partial charge on any atom is -0.383 e. The fraction of sp³-hybridized carbons (Fsp3) is 0.833.